The maximum Gasteiger partial charge on any atom is 0.387 e. The predicted octanol–water partition coefficient (Wildman–Crippen LogP) is 15.6. The van der Waals surface area contributed by atoms with Gasteiger partial charge in [0, 0.05) is 47.9 Å². The molecule has 0 aliphatic heterocycles. The van der Waals surface area contributed by atoms with E-state index >= 15 is 9.59 Å². The third-order valence-electron chi connectivity index (χ3n) is 14.3. The second-order valence-corrected chi connectivity index (χ2v) is 21.4. The number of unbranched alkanes of at least 4 members (excludes halogenated alkanes) is 16. The molecule has 0 heterocycles. The first-order valence-corrected chi connectivity index (χ1v) is 31.2. The molecular weight excluding hydrogens is 1050 g/mol. The molecule has 0 saturated heterocycles. The van der Waals surface area contributed by atoms with Gasteiger partial charge in [-0.15, -0.1) is 0 Å². The summed E-state index contributed by atoms with van der Waals surface area (Å²) in [4.78, 5) is 153. The van der Waals surface area contributed by atoms with Crippen molar-refractivity contribution < 1.29 is 76.7 Å². The summed E-state index contributed by atoms with van der Waals surface area (Å²) in [5.41, 5.74) is -2.71. The molecule has 0 amide bonds. The zero-order valence-electron chi connectivity index (χ0n) is 50.9. The normalized spacial score (nSPS) is 12.5. The van der Waals surface area contributed by atoms with E-state index in [0.29, 0.717) is 89.9 Å². The first kappa shape index (κ1) is 72.0. The molecule has 0 fully saturated rings. The maximum absolute atomic E-state index is 15.1. The maximum atomic E-state index is 15.1. The fourth-order valence-electron chi connectivity index (χ4n) is 9.38. The van der Waals surface area contributed by atoms with Gasteiger partial charge in [0.25, 0.3) is 0 Å². The Morgan fingerprint density at radius 2 is 0.524 bits per heavy atom. The standard InChI is InChI=1S/C66H98O16/c1-9-17-25-29-39-51(77-55(67)43-21-13-5)61(71)47-35-33-37-49(59(47)63(73)53(41-31-27-19-11-3)79-57(69)45-23-15-7)65(75)81-82-66(76)50-38-34-36-48(62(72)52(40-30-26-18-10-2)78-56(68)44-22-14-6)60(50)64(74)54(42-32-28-20-12-4)80-58(70)46-24-16-8/h33-38,51-54H,9-32,39-46H2,1-8H3. The zero-order valence-corrected chi connectivity index (χ0v) is 50.9. The molecule has 4 atom stereocenters. The Balaban J connectivity index is 2.96. The molecule has 2 aromatic rings. The van der Waals surface area contributed by atoms with E-state index in [4.69, 9.17) is 28.7 Å². The number of Topliss-reactive ketones (excluding diaryl/α,β-unsaturated/α-hetero) is 4. The van der Waals surface area contributed by atoms with Gasteiger partial charge in [-0.05, 0) is 89.2 Å². The van der Waals surface area contributed by atoms with Crippen LogP contribution in [0.2, 0.25) is 0 Å². The van der Waals surface area contributed by atoms with Gasteiger partial charge in [-0.2, -0.15) is 0 Å². The Bertz CT molecular complexity index is 2160. The molecule has 0 aliphatic carbocycles. The lowest BCUT2D eigenvalue weighted by Gasteiger charge is -2.23. The van der Waals surface area contributed by atoms with E-state index in [1.165, 1.54) is 36.4 Å². The van der Waals surface area contributed by atoms with Crippen LogP contribution < -0.4 is 0 Å². The summed E-state index contributed by atoms with van der Waals surface area (Å²) in [6.07, 6.45) is 11.2. The molecule has 16 heteroatoms. The van der Waals surface area contributed by atoms with E-state index in [-0.39, 0.29) is 62.5 Å². The molecule has 2 rings (SSSR count). The molecule has 0 radical (unpaired) electrons. The number of hydrogen-bond acceptors (Lipinski definition) is 16. The third-order valence-corrected chi connectivity index (χ3v) is 14.3. The molecule has 0 N–H and O–H groups in total. The van der Waals surface area contributed by atoms with Gasteiger partial charge in [-0.1, -0.05) is 182 Å². The highest BCUT2D eigenvalue weighted by atomic mass is 17.2. The van der Waals surface area contributed by atoms with Gasteiger partial charge in [-0.25, -0.2) is 19.4 Å². The van der Waals surface area contributed by atoms with Gasteiger partial charge < -0.3 is 18.9 Å². The van der Waals surface area contributed by atoms with E-state index < -0.39 is 106 Å². The fraction of sp³-hybridized carbons (Fsp3) is 0.667. The third kappa shape index (κ3) is 26.0. The number of hydrogen-bond donors (Lipinski definition) is 0. The van der Waals surface area contributed by atoms with Gasteiger partial charge in [0.05, 0.1) is 11.1 Å². The van der Waals surface area contributed by atoms with Crippen LogP contribution in [0.25, 0.3) is 0 Å². The van der Waals surface area contributed by atoms with Crippen molar-refractivity contribution >= 4 is 58.9 Å². The van der Waals surface area contributed by atoms with Crippen molar-refractivity contribution in [3.05, 3.63) is 69.8 Å². The van der Waals surface area contributed by atoms with Crippen LogP contribution in [-0.2, 0) is 47.9 Å². The van der Waals surface area contributed by atoms with Gasteiger partial charge in [0.15, 0.2) is 24.4 Å². The van der Waals surface area contributed by atoms with Crippen molar-refractivity contribution in [2.45, 2.75) is 285 Å². The number of benzene rings is 2. The van der Waals surface area contributed by atoms with Crippen molar-refractivity contribution in [3.8, 4) is 0 Å². The topological polar surface area (TPSA) is 226 Å². The summed E-state index contributed by atoms with van der Waals surface area (Å²) in [7, 11) is 0. The molecule has 2 aromatic carbocycles. The largest absolute Gasteiger partial charge is 0.454 e. The zero-order chi connectivity index (χ0) is 60.7. The molecule has 0 spiro atoms. The van der Waals surface area contributed by atoms with E-state index in [1.54, 1.807) is 0 Å². The monoisotopic (exact) mass is 1150 g/mol. The van der Waals surface area contributed by atoms with Crippen LogP contribution in [0.1, 0.15) is 323 Å². The molecular formula is C66H98O16. The van der Waals surface area contributed by atoms with Crippen molar-refractivity contribution in [2.24, 2.45) is 0 Å². The molecule has 0 bridgehead atoms. The molecule has 16 nitrogen and oxygen atoms in total. The Hall–Kier alpha value is -6.06. The van der Waals surface area contributed by atoms with Crippen molar-refractivity contribution in [1.29, 1.82) is 0 Å². The quantitative estimate of drug-likeness (QED) is 0.0150. The van der Waals surface area contributed by atoms with E-state index in [2.05, 4.69) is 0 Å². The molecule has 82 heavy (non-hydrogen) atoms. The lowest BCUT2D eigenvalue weighted by molar-refractivity contribution is -0.187. The summed E-state index contributed by atoms with van der Waals surface area (Å²) in [6, 6.07) is 7.64. The average molecular weight is 1150 g/mol. The Labute approximate surface area is 488 Å². The lowest BCUT2D eigenvalue weighted by atomic mass is 9.88. The summed E-state index contributed by atoms with van der Waals surface area (Å²) < 4.78 is 23.3. The number of ether oxygens (including phenoxy) is 4. The first-order chi connectivity index (χ1) is 39.6. The molecule has 0 saturated carbocycles. The molecule has 458 valence electrons. The Morgan fingerprint density at radius 3 is 0.768 bits per heavy atom. The highest BCUT2D eigenvalue weighted by Gasteiger charge is 2.38. The fourth-order valence-corrected chi connectivity index (χ4v) is 9.38. The van der Waals surface area contributed by atoms with Gasteiger partial charge in [-0.3, -0.25) is 38.4 Å². The van der Waals surface area contributed by atoms with E-state index in [9.17, 15) is 38.4 Å². The summed E-state index contributed by atoms with van der Waals surface area (Å²) in [5.74, 6) is -8.74. The number of esters is 4. The number of carbonyl (C=O) groups is 10. The Kier molecular flexibility index (Phi) is 37.5. The van der Waals surface area contributed by atoms with Crippen LogP contribution in [0.3, 0.4) is 0 Å². The van der Waals surface area contributed by atoms with Crippen molar-refractivity contribution in [1.82, 2.24) is 0 Å². The summed E-state index contributed by atoms with van der Waals surface area (Å²) in [5, 5.41) is 0. The van der Waals surface area contributed by atoms with Crippen LogP contribution in [0.4, 0.5) is 0 Å². The smallest absolute Gasteiger partial charge is 0.387 e. The molecule has 4 unspecified atom stereocenters. The number of rotatable bonds is 46. The van der Waals surface area contributed by atoms with E-state index in [1.807, 2.05) is 55.4 Å². The minimum Gasteiger partial charge on any atom is -0.454 e. The van der Waals surface area contributed by atoms with Crippen molar-refractivity contribution in [2.75, 3.05) is 0 Å². The van der Waals surface area contributed by atoms with Gasteiger partial charge in [0.1, 0.15) is 0 Å². The molecule has 0 aliphatic rings. The highest BCUT2D eigenvalue weighted by molar-refractivity contribution is 6.18. The Morgan fingerprint density at radius 1 is 0.293 bits per heavy atom. The van der Waals surface area contributed by atoms with Crippen molar-refractivity contribution in [3.63, 3.8) is 0 Å². The van der Waals surface area contributed by atoms with Gasteiger partial charge in [0.2, 0.25) is 23.1 Å². The number of carbonyl (C=O) groups excluding carboxylic acids is 10. The SMILES string of the molecule is CCCCCCC(OC(=O)CCCC)C(=O)c1cccc(C(=O)OOC(=O)c2cccc(C(=O)C(CCCCCC)OC(=O)CCCC)c2C(=O)C(CCCCCC)OC(=O)CCCC)c1C(=O)C(CCCCCC)OC(=O)CCCC. The average Bonchev–Trinajstić information content (AvgIpc) is 3.67. The minimum absolute atomic E-state index is 0.0100. The summed E-state index contributed by atoms with van der Waals surface area (Å²) in [6.45, 7) is 15.7. The highest BCUT2D eigenvalue weighted by Crippen LogP contribution is 2.29. The predicted molar refractivity (Wildman–Crippen MR) is 314 cm³/mol. The first-order valence-electron chi connectivity index (χ1n) is 31.2. The lowest BCUT2D eigenvalue weighted by Crippen LogP contribution is -2.34. The second-order valence-electron chi connectivity index (χ2n) is 21.4. The van der Waals surface area contributed by atoms with Crippen LogP contribution >= 0.6 is 0 Å². The van der Waals surface area contributed by atoms with Gasteiger partial charge >= 0.3 is 35.8 Å². The second kappa shape index (κ2) is 42.7. The van der Waals surface area contributed by atoms with Crippen LogP contribution in [0, 0.1) is 0 Å². The molecule has 0 aromatic heterocycles. The van der Waals surface area contributed by atoms with E-state index in [0.717, 1.165) is 64.2 Å². The van der Waals surface area contributed by atoms with Crippen LogP contribution in [0.15, 0.2) is 36.4 Å². The minimum atomic E-state index is -1.46. The summed E-state index contributed by atoms with van der Waals surface area (Å²) >= 11 is 0. The number of ketones is 4. The van der Waals surface area contributed by atoms with Crippen LogP contribution in [-0.4, -0.2) is 83.4 Å². The van der Waals surface area contributed by atoms with Crippen LogP contribution in [0.5, 0.6) is 0 Å².